The van der Waals surface area contributed by atoms with Crippen molar-refractivity contribution in [2.45, 2.75) is 24.7 Å². The van der Waals surface area contributed by atoms with Crippen LogP contribution in [0.2, 0.25) is 0 Å². The van der Waals surface area contributed by atoms with E-state index in [1.165, 1.54) is 0 Å². The molecule has 1 atom stereocenters. The number of Topliss-reactive ketones (excluding diaryl/α,β-unsaturated/α-hetero) is 1. The normalized spacial score (nSPS) is 18.3. The van der Waals surface area contributed by atoms with Gasteiger partial charge in [0.1, 0.15) is 29.7 Å². The summed E-state index contributed by atoms with van der Waals surface area (Å²) in [6.07, 6.45) is 0.0242. The van der Waals surface area contributed by atoms with Crippen LogP contribution in [0.5, 0.6) is 17.2 Å². The van der Waals surface area contributed by atoms with Crippen LogP contribution in [0.15, 0.2) is 66.7 Å². The third-order valence-corrected chi connectivity index (χ3v) is 6.56. The van der Waals surface area contributed by atoms with E-state index in [1.807, 2.05) is 54.1 Å². The number of ether oxygens (including phenoxy) is 2. The second-order valence-electron chi connectivity index (χ2n) is 8.02. The Morgan fingerprint density at radius 3 is 2.47 bits per heavy atom. The number of hydrogen-bond donors (Lipinski definition) is 1. The van der Waals surface area contributed by atoms with Gasteiger partial charge in [0, 0.05) is 18.8 Å². The highest BCUT2D eigenvalue weighted by Gasteiger charge is 2.31. The van der Waals surface area contributed by atoms with E-state index in [0.717, 1.165) is 34.2 Å². The molecule has 5 rings (SSSR count). The van der Waals surface area contributed by atoms with Gasteiger partial charge in [-0.2, -0.15) is 0 Å². The summed E-state index contributed by atoms with van der Waals surface area (Å²) in [6, 6.07) is 20.2. The van der Waals surface area contributed by atoms with Crippen LogP contribution in [0.3, 0.4) is 0 Å². The zero-order chi connectivity index (χ0) is 24.6. The molecule has 0 radical (unpaired) electrons. The number of aryl methyl sites for hydroxylation is 1. The molecule has 1 aromatic heterocycles. The SMILES string of the molecule is [2H]C1(Cc2ccc(OCc3nc4ccc(Oc5ccc(N)cc5)cc4n3C)cc2)SC(=O)CC1=O. The predicted octanol–water partition coefficient (Wildman–Crippen LogP) is 4.67. The number of imidazole rings is 1. The maximum atomic E-state index is 12.0. The molecule has 4 aromatic rings. The van der Waals surface area contributed by atoms with Gasteiger partial charge in [0.15, 0.2) is 10.9 Å². The van der Waals surface area contributed by atoms with Crippen molar-refractivity contribution >= 4 is 39.4 Å². The van der Waals surface area contributed by atoms with Crippen molar-refractivity contribution in [2.75, 3.05) is 5.73 Å². The molecule has 1 aliphatic heterocycles. The summed E-state index contributed by atoms with van der Waals surface area (Å²) in [5.74, 6) is 2.46. The molecule has 0 aliphatic carbocycles. The highest BCUT2D eigenvalue weighted by atomic mass is 32.2. The molecule has 2 heterocycles. The molecule has 34 heavy (non-hydrogen) atoms. The first-order valence-electron chi connectivity index (χ1n) is 11.2. The van der Waals surface area contributed by atoms with E-state index >= 15 is 0 Å². The van der Waals surface area contributed by atoms with Crippen molar-refractivity contribution < 1.29 is 20.4 Å². The molecule has 1 saturated heterocycles. The number of benzene rings is 3. The topological polar surface area (TPSA) is 96.4 Å². The van der Waals surface area contributed by atoms with Crippen molar-refractivity contribution in [3.63, 3.8) is 0 Å². The maximum Gasteiger partial charge on any atom is 0.197 e. The first-order chi connectivity index (χ1) is 16.8. The fourth-order valence-electron chi connectivity index (χ4n) is 3.72. The molecule has 172 valence electrons. The van der Waals surface area contributed by atoms with Gasteiger partial charge in [-0.25, -0.2) is 4.98 Å². The number of hydrogen-bond acceptors (Lipinski definition) is 7. The van der Waals surface area contributed by atoms with E-state index in [0.29, 0.717) is 22.9 Å². The van der Waals surface area contributed by atoms with Gasteiger partial charge in [0.2, 0.25) is 0 Å². The summed E-state index contributed by atoms with van der Waals surface area (Å²) < 4.78 is 22.1. The lowest BCUT2D eigenvalue weighted by Gasteiger charge is -2.09. The molecule has 0 spiro atoms. The molecule has 7 nitrogen and oxygen atoms in total. The van der Waals surface area contributed by atoms with Crippen molar-refractivity contribution in [1.29, 1.82) is 0 Å². The molecule has 1 unspecified atom stereocenters. The Morgan fingerprint density at radius 2 is 1.76 bits per heavy atom. The monoisotopic (exact) mass is 474 g/mol. The van der Waals surface area contributed by atoms with Gasteiger partial charge in [-0.15, -0.1) is 0 Å². The highest BCUT2D eigenvalue weighted by molar-refractivity contribution is 8.15. The van der Waals surface area contributed by atoms with Crippen LogP contribution in [0.4, 0.5) is 5.69 Å². The van der Waals surface area contributed by atoms with E-state index in [2.05, 4.69) is 4.98 Å². The Bertz CT molecular complexity index is 1420. The van der Waals surface area contributed by atoms with Crippen molar-refractivity contribution in [3.05, 3.63) is 78.1 Å². The number of aromatic nitrogens is 2. The minimum absolute atomic E-state index is 0.164. The zero-order valence-electron chi connectivity index (χ0n) is 19.5. The van der Waals surface area contributed by atoms with Crippen LogP contribution >= 0.6 is 11.8 Å². The largest absolute Gasteiger partial charge is 0.486 e. The number of nitrogens with two attached hydrogens (primary N) is 1. The van der Waals surface area contributed by atoms with Gasteiger partial charge >= 0.3 is 0 Å². The van der Waals surface area contributed by atoms with Gasteiger partial charge < -0.3 is 19.8 Å². The zero-order valence-corrected chi connectivity index (χ0v) is 19.3. The Balaban J connectivity index is 1.25. The third kappa shape index (κ3) is 4.77. The van der Waals surface area contributed by atoms with Crippen LogP contribution in [0.25, 0.3) is 11.0 Å². The number of thioether (sulfide) groups is 1. The van der Waals surface area contributed by atoms with Crippen molar-refractivity contribution in [1.82, 2.24) is 9.55 Å². The van der Waals surface area contributed by atoms with Crippen LogP contribution in [-0.2, 0) is 29.7 Å². The number of nitrogen functional groups attached to an aromatic ring is 1. The second kappa shape index (κ2) is 9.23. The molecule has 8 heteroatoms. The summed E-state index contributed by atoms with van der Waals surface area (Å²) in [6.45, 7) is 0.268. The summed E-state index contributed by atoms with van der Waals surface area (Å²) in [5, 5.41) is -1.67. The molecule has 2 N–H and O–H groups in total. The van der Waals surface area contributed by atoms with E-state index in [-0.39, 0.29) is 30.3 Å². The van der Waals surface area contributed by atoms with E-state index in [9.17, 15) is 9.59 Å². The number of anilines is 1. The fourth-order valence-corrected chi connectivity index (χ4v) is 4.62. The van der Waals surface area contributed by atoms with Crippen LogP contribution in [0, 0.1) is 0 Å². The number of carbonyl (C=O) groups excluding carboxylic acids is 2. The molecule has 3 aromatic carbocycles. The van der Waals surface area contributed by atoms with Gasteiger partial charge in [-0.3, -0.25) is 9.59 Å². The lowest BCUT2D eigenvalue weighted by molar-refractivity contribution is -0.121. The minimum Gasteiger partial charge on any atom is -0.486 e. The Hall–Kier alpha value is -3.78. The third-order valence-electron chi connectivity index (χ3n) is 5.57. The minimum atomic E-state index is -1.43. The summed E-state index contributed by atoms with van der Waals surface area (Å²) in [4.78, 5) is 28.2. The molecular formula is C26H23N3O4S. The van der Waals surface area contributed by atoms with Crippen LogP contribution in [-0.4, -0.2) is 25.7 Å². The Kier molecular flexibility index (Phi) is 5.64. The smallest absolute Gasteiger partial charge is 0.197 e. The second-order valence-corrected chi connectivity index (χ2v) is 9.17. The molecule has 0 amide bonds. The van der Waals surface area contributed by atoms with Gasteiger partial charge in [-0.1, -0.05) is 23.9 Å². The summed E-state index contributed by atoms with van der Waals surface area (Å²) >= 11 is 0.810. The lowest BCUT2D eigenvalue weighted by atomic mass is 10.1. The molecule has 1 aliphatic rings. The molecular weight excluding hydrogens is 450 g/mol. The highest BCUT2D eigenvalue weighted by Crippen LogP contribution is 2.29. The van der Waals surface area contributed by atoms with Gasteiger partial charge in [0.05, 0.1) is 24.1 Å². The van der Waals surface area contributed by atoms with E-state index < -0.39 is 5.23 Å². The molecule has 0 saturated carbocycles. The Morgan fingerprint density at radius 1 is 1.06 bits per heavy atom. The average Bonchev–Trinajstić information content (AvgIpc) is 3.28. The summed E-state index contributed by atoms with van der Waals surface area (Å²) in [5.41, 5.74) is 8.97. The maximum absolute atomic E-state index is 12.0. The first kappa shape index (κ1) is 20.8. The molecule has 1 fully saturated rings. The number of fused-ring (bicyclic) bond motifs is 1. The number of rotatable bonds is 7. The predicted molar refractivity (Wildman–Crippen MR) is 132 cm³/mol. The molecule has 0 bridgehead atoms. The van der Waals surface area contributed by atoms with Crippen LogP contribution in [0.1, 0.15) is 19.2 Å². The average molecular weight is 475 g/mol. The standard InChI is InChI=1S/C26H23N3O4S/c1-29-22-13-20(33-19-8-4-17(27)5-9-19)10-11-21(22)28-25(29)15-32-18-6-2-16(3-7-18)12-24-23(30)14-26(31)34-24/h2-11,13,24H,12,14-15,27H2,1H3/i24D. The fraction of sp³-hybridized carbons (Fsp3) is 0.192. The van der Waals surface area contributed by atoms with Crippen molar-refractivity contribution in [2.24, 2.45) is 7.05 Å². The number of ketones is 1. The van der Waals surface area contributed by atoms with Crippen molar-refractivity contribution in [3.8, 4) is 17.2 Å². The summed E-state index contributed by atoms with van der Waals surface area (Å²) in [7, 11) is 1.93. The van der Waals surface area contributed by atoms with Gasteiger partial charge in [-0.05, 0) is 60.5 Å². The van der Waals surface area contributed by atoms with Crippen LogP contribution < -0.4 is 15.2 Å². The first-order valence-corrected chi connectivity index (χ1v) is 11.6. The van der Waals surface area contributed by atoms with Gasteiger partial charge in [0.25, 0.3) is 0 Å². The Labute approximate surface area is 202 Å². The van der Waals surface area contributed by atoms with E-state index in [4.69, 9.17) is 16.6 Å². The number of nitrogens with zero attached hydrogens (tertiary/aromatic N) is 2. The number of carbonyl (C=O) groups is 2. The van der Waals surface area contributed by atoms with E-state index in [1.54, 1.807) is 24.3 Å². The lowest BCUT2D eigenvalue weighted by Crippen LogP contribution is -2.13. The quantitative estimate of drug-likeness (QED) is 0.307.